The van der Waals surface area contributed by atoms with E-state index in [9.17, 15) is 4.79 Å². The zero-order valence-electron chi connectivity index (χ0n) is 15.2. The molecule has 4 heteroatoms. The molecule has 4 rings (SSSR count). The molecular formula is C23H23ClN2O. The van der Waals surface area contributed by atoms with Crippen molar-refractivity contribution in [3.63, 3.8) is 0 Å². The first-order chi connectivity index (χ1) is 13.2. The molecule has 3 nitrogen and oxygen atoms in total. The van der Waals surface area contributed by atoms with Gasteiger partial charge in [-0.3, -0.25) is 9.69 Å². The van der Waals surface area contributed by atoms with Gasteiger partial charge in [-0.1, -0.05) is 54.4 Å². The monoisotopic (exact) mass is 378 g/mol. The van der Waals surface area contributed by atoms with Gasteiger partial charge in [-0.2, -0.15) is 0 Å². The molecule has 3 aromatic rings. The van der Waals surface area contributed by atoms with Crippen molar-refractivity contribution < 1.29 is 4.79 Å². The first kappa shape index (κ1) is 18.0. The van der Waals surface area contributed by atoms with Crippen molar-refractivity contribution in [1.29, 1.82) is 0 Å². The van der Waals surface area contributed by atoms with Crippen molar-refractivity contribution in [2.75, 3.05) is 18.4 Å². The lowest BCUT2D eigenvalue weighted by Gasteiger charge is -2.26. The Morgan fingerprint density at radius 1 is 0.889 bits per heavy atom. The fourth-order valence-electron chi connectivity index (χ4n) is 3.74. The summed E-state index contributed by atoms with van der Waals surface area (Å²) in [5.41, 5.74) is 2.72. The highest BCUT2D eigenvalue weighted by molar-refractivity contribution is 6.36. The number of fused-ring (bicyclic) bond motifs is 1. The van der Waals surface area contributed by atoms with Crippen molar-refractivity contribution in [3.8, 4) is 0 Å². The summed E-state index contributed by atoms with van der Waals surface area (Å²) in [5, 5.41) is 5.42. The maximum absolute atomic E-state index is 12.8. The van der Waals surface area contributed by atoms with Crippen LogP contribution in [0.2, 0.25) is 5.02 Å². The third-order valence-corrected chi connectivity index (χ3v) is 5.51. The molecule has 0 saturated carbocycles. The first-order valence-corrected chi connectivity index (χ1v) is 9.88. The Labute approximate surface area is 164 Å². The minimum Gasteiger partial charge on any atom is -0.322 e. The highest BCUT2D eigenvalue weighted by atomic mass is 35.5. The van der Waals surface area contributed by atoms with E-state index in [2.05, 4.69) is 22.3 Å². The van der Waals surface area contributed by atoms with E-state index in [4.69, 9.17) is 11.6 Å². The molecule has 138 valence electrons. The van der Waals surface area contributed by atoms with E-state index in [0.717, 1.165) is 23.0 Å². The number of benzene rings is 3. The molecule has 1 fully saturated rings. The summed E-state index contributed by atoms with van der Waals surface area (Å²) in [7, 11) is 0. The van der Waals surface area contributed by atoms with Crippen LogP contribution in [0.3, 0.4) is 0 Å². The van der Waals surface area contributed by atoms with Crippen LogP contribution in [0.15, 0.2) is 60.7 Å². The summed E-state index contributed by atoms with van der Waals surface area (Å²) < 4.78 is 0. The van der Waals surface area contributed by atoms with Gasteiger partial charge in [-0.05, 0) is 61.1 Å². The van der Waals surface area contributed by atoms with Crippen LogP contribution in [-0.4, -0.2) is 23.9 Å². The van der Waals surface area contributed by atoms with Crippen LogP contribution in [-0.2, 0) is 6.54 Å². The summed E-state index contributed by atoms with van der Waals surface area (Å²) >= 11 is 6.26. The molecule has 1 aliphatic heterocycles. The van der Waals surface area contributed by atoms with Gasteiger partial charge >= 0.3 is 0 Å². The Balaban J connectivity index is 1.48. The summed E-state index contributed by atoms with van der Waals surface area (Å²) in [6.07, 6.45) is 3.94. The lowest BCUT2D eigenvalue weighted by Crippen LogP contribution is -2.29. The molecule has 27 heavy (non-hydrogen) atoms. The van der Waals surface area contributed by atoms with Crippen LogP contribution in [0, 0.1) is 0 Å². The van der Waals surface area contributed by atoms with Crippen molar-refractivity contribution in [2.45, 2.75) is 25.8 Å². The molecule has 0 atom stereocenters. The highest BCUT2D eigenvalue weighted by Gasteiger charge is 2.13. The average molecular weight is 379 g/mol. The van der Waals surface area contributed by atoms with E-state index in [0.29, 0.717) is 10.6 Å². The second kappa shape index (κ2) is 8.12. The fraction of sp³-hybridized carbons (Fsp3) is 0.261. The number of nitrogens with one attached hydrogen (secondary N) is 1. The standard InChI is InChI=1S/C23H23ClN2O/c24-22-9-5-6-19-20(22)7-4-8-21(19)23(27)25-18-12-10-17(11-13-18)16-26-14-2-1-3-15-26/h4-13H,1-3,14-16H2,(H,25,27). The highest BCUT2D eigenvalue weighted by Crippen LogP contribution is 2.26. The molecule has 0 spiro atoms. The zero-order valence-corrected chi connectivity index (χ0v) is 16.0. The van der Waals surface area contributed by atoms with E-state index in [1.165, 1.54) is 37.9 Å². The molecule has 0 unspecified atom stereocenters. The number of carbonyl (C=O) groups is 1. The van der Waals surface area contributed by atoms with E-state index in [1.807, 2.05) is 48.5 Å². The van der Waals surface area contributed by atoms with E-state index >= 15 is 0 Å². The Kier molecular flexibility index (Phi) is 5.42. The number of halogens is 1. The van der Waals surface area contributed by atoms with Gasteiger partial charge in [0.1, 0.15) is 0 Å². The van der Waals surface area contributed by atoms with E-state index < -0.39 is 0 Å². The Morgan fingerprint density at radius 3 is 2.37 bits per heavy atom. The van der Waals surface area contributed by atoms with Gasteiger partial charge in [-0.15, -0.1) is 0 Å². The third kappa shape index (κ3) is 4.15. The minimum atomic E-state index is -0.119. The van der Waals surface area contributed by atoms with Crippen LogP contribution in [0.1, 0.15) is 35.2 Å². The molecule has 1 saturated heterocycles. The average Bonchev–Trinajstić information content (AvgIpc) is 2.70. The van der Waals surface area contributed by atoms with Crippen molar-refractivity contribution in [2.24, 2.45) is 0 Å². The second-order valence-electron chi connectivity index (χ2n) is 7.13. The molecule has 0 aliphatic carbocycles. The predicted molar refractivity (Wildman–Crippen MR) is 112 cm³/mol. The maximum Gasteiger partial charge on any atom is 0.256 e. The molecule has 1 N–H and O–H groups in total. The maximum atomic E-state index is 12.8. The van der Waals surface area contributed by atoms with Gasteiger partial charge in [0.15, 0.2) is 0 Å². The fourth-order valence-corrected chi connectivity index (χ4v) is 3.97. The number of hydrogen-bond acceptors (Lipinski definition) is 2. The van der Waals surface area contributed by atoms with Crippen LogP contribution in [0.5, 0.6) is 0 Å². The van der Waals surface area contributed by atoms with Crippen molar-refractivity contribution >= 4 is 34.0 Å². The minimum absolute atomic E-state index is 0.119. The Morgan fingerprint density at radius 2 is 1.59 bits per heavy atom. The molecule has 1 aliphatic rings. The number of nitrogens with zero attached hydrogens (tertiary/aromatic N) is 1. The number of hydrogen-bond donors (Lipinski definition) is 1. The normalized spacial score (nSPS) is 15.0. The van der Waals surface area contributed by atoms with Gasteiger partial charge in [-0.25, -0.2) is 0 Å². The van der Waals surface area contributed by atoms with Crippen LogP contribution in [0.4, 0.5) is 5.69 Å². The summed E-state index contributed by atoms with van der Waals surface area (Å²) in [6.45, 7) is 3.35. The SMILES string of the molecule is O=C(Nc1ccc(CN2CCCCC2)cc1)c1cccc2c(Cl)cccc12. The lowest BCUT2D eigenvalue weighted by molar-refractivity contribution is 0.102. The Hall–Kier alpha value is -2.36. The van der Waals surface area contributed by atoms with Crippen molar-refractivity contribution in [1.82, 2.24) is 4.90 Å². The number of rotatable bonds is 4. The zero-order chi connectivity index (χ0) is 18.6. The Bertz CT molecular complexity index is 946. The van der Waals surface area contributed by atoms with Gasteiger partial charge in [0.05, 0.1) is 0 Å². The van der Waals surface area contributed by atoms with Gasteiger partial charge in [0.2, 0.25) is 0 Å². The lowest BCUT2D eigenvalue weighted by atomic mass is 10.0. The van der Waals surface area contributed by atoms with Crippen LogP contribution >= 0.6 is 11.6 Å². The summed E-state index contributed by atoms with van der Waals surface area (Å²) in [6, 6.07) is 19.4. The van der Waals surface area contributed by atoms with E-state index in [1.54, 1.807) is 0 Å². The largest absolute Gasteiger partial charge is 0.322 e. The van der Waals surface area contributed by atoms with Crippen LogP contribution in [0.25, 0.3) is 10.8 Å². The molecule has 0 radical (unpaired) electrons. The number of carbonyl (C=O) groups excluding carboxylic acids is 1. The molecule has 0 aromatic heterocycles. The molecule has 1 heterocycles. The number of likely N-dealkylation sites (tertiary alicyclic amines) is 1. The third-order valence-electron chi connectivity index (χ3n) is 5.18. The molecule has 1 amide bonds. The van der Waals surface area contributed by atoms with Crippen LogP contribution < -0.4 is 5.32 Å². The van der Waals surface area contributed by atoms with Gasteiger partial charge < -0.3 is 5.32 Å². The smallest absolute Gasteiger partial charge is 0.256 e. The molecule has 3 aromatic carbocycles. The number of anilines is 1. The van der Waals surface area contributed by atoms with E-state index in [-0.39, 0.29) is 5.91 Å². The van der Waals surface area contributed by atoms with Gasteiger partial charge in [0.25, 0.3) is 5.91 Å². The quantitative estimate of drug-likeness (QED) is 0.628. The first-order valence-electron chi connectivity index (χ1n) is 9.50. The summed E-state index contributed by atoms with van der Waals surface area (Å²) in [4.78, 5) is 15.3. The molecular weight excluding hydrogens is 356 g/mol. The summed E-state index contributed by atoms with van der Waals surface area (Å²) in [5.74, 6) is -0.119. The van der Waals surface area contributed by atoms with Gasteiger partial charge in [0, 0.05) is 28.2 Å². The topological polar surface area (TPSA) is 32.3 Å². The predicted octanol–water partition coefficient (Wildman–Crippen LogP) is 5.73. The second-order valence-corrected chi connectivity index (χ2v) is 7.54. The molecule has 0 bridgehead atoms. The van der Waals surface area contributed by atoms with Crippen molar-refractivity contribution in [3.05, 3.63) is 76.8 Å². The number of piperidine rings is 1. The number of amides is 1.